The number of hydrogen-bond donors (Lipinski definition) is 8. The molecule has 0 aliphatic rings. The lowest BCUT2D eigenvalue weighted by Gasteiger charge is -2.16. The number of carboxylic acid groups (broad SMARTS) is 1. The zero-order valence-corrected chi connectivity index (χ0v) is 38.9. The van der Waals surface area contributed by atoms with E-state index in [2.05, 4.69) is 35.8 Å². The molecule has 5 rings (SSSR count). The molecule has 0 saturated carbocycles. The van der Waals surface area contributed by atoms with Crippen molar-refractivity contribution in [1.29, 1.82) is 0 Å². The summed E-state index contributed by atoms with van der Waals surface area (Å²) in [6.45, 7) is -0.430. The summed E-state index contributed by atoms with van der Waals surface area (Å²) in [6.07, 6.45) is -0.0767. The van der Waals surface area contributed by atoms with E-state index in [-0.39, 0.29) is 40.5 Å². The minimum atomic E-state index is -5.56. The number of carbonyl (C=O) groups excluding carboxylic acids is 1. The fourth-order valence-corrected chi connectivity index (χ4v) is 8.59. The largest absolute Gasteiger partial charge is 0.505 e. The number of azo groups is 3. The number of phenols is 1. The zero-order valence-electron chi connectivity index (χ0n) is 35.6. The van der Waals surface area contributed by atoms with Crippen LogP contribution >= 0.6 is 0 Å². The highest BCUT2D eigenvalue weighted by Gasteiger charge is 2.29. The zero-order chi connectivity index (χ0) is 51.9. The monoisotopic (exact) mass is 1050 g/mol. The molecule has 32 heteroatoms. The van der Waals surface area contributed by atoms with Gasteiger partial charge in [-0.3, -0.25) is 23.2 Å². The first kappa shape index (κ1) is 53.7. The summed E-state index contributed by atoms with van der Waals surface area (Å²) in [5.41, 5.74) is -3.44. The van der Waals surface area contributed by atoms with Gasteiger partial charge in [0.25, 0.3) is 40.5 Å². The van der Waals surface area contributed by atoms with Crippen LogP contribution in [0.3, 0.4) is 0 Å². The SMILES string of the molecule is Cc1ccc(N=Nc2cc(OCCO)c(N=Nc3c(S(=O)(=O)O)cc4c(S(=O)(=O)O)c(N=NC(C=O)/C(=N\N(C)c5ccc(S(=O)(=O)O)cc5)C(=O)O)ccc4c3O)cc2OCCO)c(S(=O)(=O)O)c1. The number of aryl methyl sites for hydroxylation is 1. The third-order valence-electron chi connectivity index (χ3n) is 9.04. The number of carboxylic acids is 1. The van der Waals surface area contributed by atoms with E-state index in [9.17, 15) is 81.9 Å². The molecular formula is C38H36N8O20S4. The Bertz CT molecular complexity index is 3460. The summed E-state index contributed by atoms with van der Waals surface area (Å²) in [7, 11) is -19.3. The number of hydrazone groups is 1. The van der Waals surface area contributed by atoms with Gasteiger partial charge in [-0.25, -0.2) is 4.79 Å². The number of fused-ring (bicyclic) bond motifs is 1. The molecule has 0 aliphatic carbocycles. The van der Waals surface area contributed by atoms with Crippen LogP contribution in [0, 0.1) is 6.92 Å². The number of aromatic hydroxyl groups is 1. The number of carbonyl (C=O) groups is 2. The summed E-state index contributed by atoms with van der Waals surface area (Å²) in [5, 5.41) is 66.2. The number of ether oxygens (including phenoxy) is 2. The molecule has 0 radical (unpaired) electrons. The predicted molar refractivity (Wildman–Crippen MR) is 240 cm³/mol. The Balaban J connectivity index is 1.64. The Kier molecular flexibility index (Phi) is 16.5. The second-order valence-corrected chi connectivity index (χ2v) is 19.4. The van der Waals surface area contributed by atoms with Crippen molar-refractivity contribution in [3.05, 3.63) is 78.4 Å². The molecule has 5 aromatic carbocycles. The standard InChI is InChI=1S/C38H36N8O20S4/c1-20-3-9-25(32(15-20)68(56,57)58)39-41-27-17-31(66-14-12-48)28(18-30(27)65-13-11-47)42-44-35-33(69(59,60)61)16-24-23(36(35)50)8-10-26(37(24)70(62,63)64)40-43-29(19-49)34(38(51)52)45-46(2)21-4-6-22(7-5-21)67(53,54)55/h3-10,15-19,29,47-48,50H,11-14H2,1-2H3,(H,51,52)(H,53,54,55)(H,56,57,58)(H,59,60,61)(H,62,63,64)/b41-39?,43-40?,44-42?,45-34+. The Morgan fingerprint density at radius 2 is 1.20 bits per heavy atom. The second-order valence-electron chi connectivity index (χ2n) is 13.9. The van der Waals surface area contributed by atoms with Gasteiger partial charge < -0.3 is 34.7 Å². The van der Waals surface area contributed by atoms with E-state index in [1.807, 2.05) is 0 Å². The van der Waals surface area contributed by atoms with Gasteiger partial charge in [-0.05, 0) is 67.1 Å². The average Bonchev–Trinajstić information content (AvgIpc) is 3.27. The van der Waals surface area contributed by atoms with Crippen LogP contribution in [-0.2, 0) is 50.1 Å². The van der Waals surface area contributed by atoms with Crippen LogP contribution in [0.1, 0.15) is 5.56 Å². The molecule has 372 valence electrons. The van der Waals surface area contributed by atoms with Crippen LogP contribution < -0.4 is 14.5 Å². The lowest BCUT2D eigenvalue weighted by molar-refractivity contribution is -0.130. The first-order valence-corrected chi connectivity index (χ1v) is 24.8. The van der Waals surface area contributed by atoms with E-state index < -0.39 is 132 Å². The Morgan fingerprint density at radius 3 is 1.70 bits per heavy atom. The summed E-state index contributed by atoms with van der Waals surface area (Å²) in [4.78, 5) is 20.6. The topological polar surface area (TPSA) is 441 Å². The summed E-state index contributed by atoms with van der Waals surface area (Å²) < 4.78 is 149. The first-order valence-electron chi connectivity index (χ1n) is 19.0. The number of aliphatic carboxylic acids is 1. The van der Waals surface area contributed by atoms with Crippen LogP contribution in [0.5, 0.6) is 17.2 Å². The van der Waals surface area contributed by atoms with Gasteiger partial charge in [0.15, 0.2) is 23.8 Å². The average molecular weight is 1050 g/mol. The second kappa shape index (κ2) is 21.6. The number of hydrogen-bond acceptors (Lipinski definition) is 23. The van der Waals surface area contributed by atoms with Gasteiger partial charge >= 0.3 is 5.97 Å². The number of phenolic OH excluding ortho intramolecular Hbond substituents is 1. The first-order chi connectivity index (χ1) is 32.7. The van der Waals surface area contributed by atoms with Crippen LogP contribution in [0.4, 0.5) is 34.1 Å². The van der Waals surface area contributed by atoms with Crippen molar-refractivity contribution in [1.82, 2.24) is 0 Å². The fraction of sp³-hybridized carbons (Fsp3) is 0.184. The molecule has 0 fully saturated rings. The highest BCUT2D eigenvalue weighted by molar-refractivity contribution is 7.87. The quantitative estimate of drug-likeness (QED) is 0.0163. The van der Waals surface area contributed by atoms with E-state index in [1.54, 1.807) is 6.92 Å². The molecule has 0 saturated heterocycles. The van der Waals surface area contributed by atoms with Gasteiger partial charge in [0.05, 0.1) is 23.8 Å². The molecule has 1 atom stereocenters. The Morgan fingerprint density at radius 1 is 0.657 bits per heavy atom. The summed E-state index contributed by atoms with van der Waals surface area (Å²) in [6, 6.07) is 10.0. The van der Waals surface area contributed by atoms with Crippen molar-refractivity contribution in [2.45, 2.75) is 32.5 Å². The van der Waals surface area contributed by atoms with Crippen LogP contribution in [-0.4, -0.2) is 130 Å². The van der Waals surface area contributed by atoms with Crippen LogP contribution in [0.2, 0.25) is 0 Å². The van der Waals surface area contributed by atoms with E-state index in [0.29, 0.717) is 11.6 Å². The van der Waals surface area contributed by atoms with Crippen molar-refractivity contribution in [2.75, 3.05) is 38.5 Å². The molecule has 8 N–H and O–H groups in total. The normalized spacial score (nSPS) is 13.3. The molecule has 0 aromatic heterocycles. The van der Waals surface area contributed by atoms with Crippen molar-refractivity contribution >= 4 is 103 Å². The van der Waals surface area contributed by atoms with Gasteiger partial charge in [-0.15, -0.1) is 20.5 Å². The molecule has 1 unspecified atom stereocenters. The Hall–Kier alpha value is -7.27. The van der Waals surface area contributed by atoms with Crippen LogP contribution in [0.15, 0.2) is 128 Å². The number of benzene rings is 5. The van der Waals surface area contributed by atoms with Crippen molar-refractivity contribution in [3.8, 4) is 17.2 Å². The maximum atomic E-state index is 12.9. The lowest BCUT2D eigenvalue weighted by Crippen LogP contribution is -2.31. The molecular weight excluding hydrogens is 1020 g/mol. The van der Waals surface area contributed by atoms with Crippen LogP contribution in [0.25, 0.3) is 10.8 Å². The minimum Gasteiger partial charge on any atom is -0.505 e. The molecule has 0 heterocycles. The number of aliphatic hydroxyl groups is 2. The molecule has 0 bridgehead atoms. The van der Waals surface area contributed by atoms with Crippen molar-refractivity contribution in [3.63, 3.8) is 0 Å². The Labute approximate surface area is 395 Å². The van der Waals surface area contributed by atoms with Gasteiger partial charge in [-0.1, -0.05) is 6.07 Å². The maximum Gasteiger partial charge on any atom is 0.354 e. The van der Waals surface area contributed by atoms with Crippen molar-refractivity contribution < 1.29 is 91.4 Å². The fourth-order valence-electron chi connectivity index (χ4n) is 5.94. The minimum absolute atomic E-state index is 0.0347. The lowest BCUT2D eigenvalue weighted by atomic mass is 10.1. The number of nitrogens with zero attached hydrogens (tertiary/aromatic N) is 8. The van der Waals surface area contributed by atoms with Gasteiger partial charge in [0, 0.05) is 30.0 Å². The molecule has 28 nitrogen and oxygen atoms in total. The molecule has 0 amide bonds. The highest BCUT2D eigenvalue weighted by atomic mass is 32.2. The number of anilines is 1. The third-order valence-corrected chi connectivity index (χ3v) is 12.6. The van der Waals surface area contributed by atoms with E-state index in [0.717, 1.165) is 59.6 Å². The van der Waals surface area contributed by atoms with Gasteiger partial charge in [0.1, 0.15) is 67.8 Å². The van der Waals surface area contributed by atoms with Crippen molar-refractivity contribution in [2.24, 2.45) is 35.8 Å². The molecule has 0 aliphatic heterocycles. The highest BCUT2D eigenvalue weighted by Crippen LogP contribution is 2.47. The summed E-state index contributed by atoms with van der Waals surface area (Å²) in [5.74, 6) is -3.63. The van der Waals surface area contributed by atoms with E-state index in [4.69, 9.17) is 9.47 Å². The van der Waals surface area contributed by atoms with E-state index >= 15 is 0 Å². The van der Waals surface area contributed by atoms with Gasteiger partial charge in [0.2, 0.25) is 0 Å². The predicted octanol–water partition coefficient (Wildman–Crippen LogP) is 4.64. The number of aliphatic hydroxyl groups excluding tert-OH is 2. The number of aldehydes is 1. The maximum absolute atomic E-state index is 12.9. The molecule has 0 spiro atoms. The molecule has 5 aromatic rings. The van der Waals surface area contributed by atoms with Gasteiger partial charge in [-0.2, -0.15) is 49.0 Å². The smallest absolute Gasteiger partial charge is 0.354 e. The third kappa shape index (κ3) is 12.9. The molecule has 70 heavy (non-hydrogen) atoms. The number of rotatable bonds is 21. The van der Waals surface area contributed by atoms with E-state index in [1.165, 1.54) is 19.2 Å². The summed E-state index contributed by atoms with van der Waals surface area (Å²) >= 11 is 0.